The van der Waals surface area contributed by atoms with Crippen LogP contribution in [0.5, 0.6) is 0 Å². The van der Waals surface area contributed by atoms with Gasteiger partial charge in [-0.25, -0.2) is 9.48 Å². The van der Waals surface area contributed by atoms with Crippen molar-refractivity contribution < 1.29 is 18.0 Å². The van der Waals surface area contributed by atoms with Crippen LogP contribution in [0.1, 0.15) is 31.9 Å². The molecule has 10 heteroatoms. The Hall–Kier alpha value is -3.33. The first-order chi connectivity index (χ1) is 15.8. The lowest BCUT2D eigenvalue weighted by molar-refractivity contribution is -0.137. The molecular weight excluding hydrogens is 469 g/mol. The van der Waals surface area contributed by atoms with Gasteiger partial charge in [0.05, 0.1) is 11.1 Å². The Morgan fingerprint density at radius 2 is 1.71 bits per heavy atom. The molecule has 0 radical (unpaired) electrons. The molecule has 0 saturated heterocycles. The zero-order valence-corrected chi connectivity index (χ0v) is 19.7. The molecule has 0 bridgehead atoms. The number of alkyl halides is 3. The van der Waals surface area contributed by atoms with Gasteiger partial charge < -0.3 is 5.32 Å². The van der Waals surface area contributed by atoms with Crippen LogP contribution in [0.3, 0.4) is 0 Å². The predicted octanol–water partition coefficient (Wildman–Crippen LogP) is 5.01. The largest absolute Gasteiger partial charge is 0.416 e. The minimum Gasteiger partial charge on any atom is -0.346 e. The van der Waals surface area contributed by atoms with Gasteiger partial charge in [0.1, 0.15) is 6.54 Å². The van der Waals surface area contributed by atoms with Crippen LogP contribution >= 0.6 is 11.6 Å². The normalized spacial score (nSPS) is 12.0. The number of amides is 1. The Kier molecular flexibility index (Phi) is 7.07. The maximum Gasteiger partial charge on any atom is 0.416 e. The summed E-state index contributed by atoms with van der Waals surface area (Å²) in [5, 5.41) is 7.54. The highest BCUT2D eigenvalue weighted by molar-refractivity contribution is 6.30. The standard InChI is InChI=1S/C24H24ClF3N4O2/c1-15(2)13-31-21(16-8-10-19(25)11-9-16)30-32(22(31)34)14-20(33)29-23(3,4)17-6-5-7-18(12-17)24(26,27)28/h5-12H,1,13-14H2,2-4H3,(H,29,33). The molecule has 0 unspecified atom stereocenters. The van der Waals surface area contributed by atoms with E-state index in [4.69, 9.17) is 11.6 Å². The maximum atomic E-state index is 13.1. The molecule has 6 nitrogen and oxygen atoms in total. The second kappa shape index (κ2) is 9.50. The number of benzene rings is 2. The number of allylic oxidation sites excluding steroid dienone is 1. The molecule has 2 aromatic carbocycles. The lowest BCUT2D eigenvalue weighted by Crippen LogP contribution is -2.44. The summed E-state index contributed by atoms with van der Waals surface area (Å²) in [4.78, 5) is 25.8. The van der Waals surface area contributed by atoms with E-state index in [1.165, 1.54) is 16.7 Å². The van der Waals surface area contributed by atoms with E-state index in [1.807, 2.05) is 0 Å². The van der Waals surface area contributed by atoms with Gasteiger partial charge >= 0.3 is 11.9 Å². The molecule has 0 spiro atoms. The highest BCUT2D eigenvalue weighted by Crippen LogP contribution is 2.32. The summed E-state index contributed by atoms with van der Waals surface area (Å²) in [5.41, 5.74) is -0.827. The average Bonchev–Trinajstić information content (AvgIpc) is 3.02. The zero-order chi connectivity index (χ0) is 25.3. The SMILES string of the molecule is C=C(C)Cn1c(-c2ccc(Cl)cc2)nn(CC(=O)NC(C)(C)c2cccc(C(F)(F)F)c2)c1=O. The van der Waals surface area contributed by atoms with Crippen molar-refractivity contribution >= 4 is 17.5 Å². The van der Waals surface area contributed by atoms with Crippen molar-refractivity contribution in [3.63, 3.8) is 0 Å². The van der Waals surface area contributed by atoms with E-state index in [0.717, 1.165) is 16.8 Å². The predicted molar refractivity (Wildman–Crippen MR) is 124 cm³/mol. The van der Waals surface area contributed by atoms with Crippen LogP contribution in [0.25, 0.3) is 11.4 Å². The van der Waals surface area contributed by atoms with Crippen LogP contribution < -0.4 is 11.0 Å². The van der Waals surface area contributed by atoms with E-state index < -0.39 is 35.4 Å². The first-order valence-corrected chi connectivity index (χ1v) is 10.7. The van der Waals surface area contributed by atoms with Gasteiger partial charge in [0.2, 0.25) is 5.91 Å². The Labute approximate surface area is 199 Å². The highest BCUT2D eigenvalue weighted by atomic mass is 35.5. The van der Waals surface area contributed by atoms with Crippen molar-refractivity contribution in [3.8, 4) is 11.4 Å². The lowest BCUT2D eigenvalue weighted by atomic mass is 9.92. The van der Waals surface area contributed by atoms with Crippen LogP contribution in [0, 0.1) is 0 Å². The van der Waals surface area contributed by atoms with Crippen LogP contribution in [0.4, 0.5) is 13.2 Å². The van der Waals surface area contributed by atoms with Gasteiger partial charge in [-0.2, -0.15) is 13.2 Å². The molecule has 1 N–H and O–H groups in total. The van der Waals surface area contributed by atoms with Crippen molar-refractivity contribution in [1.29, 1.82) is 0 Å². The smallest absolute Gasteiger partial charge is 0.346 e. The minimum absolute atomic E-state index is 0.203. The summed E-state index contributed by atoms with van der Waals surface area (Å²) >= 11 is 5.95. The van der Waals surface area contributed by atoms with E-state index >= 15 is 0 Å². The summed E-state index contributed by atoms with van der Waals surface area (Å²) in [7, 11) is 0. The summed E-state index contributed by atoms with van der Waals surface area (Å²) in [6, 6.07) is 11.5. The number of hydrogen-bond acceptors (Lipinski definition) is 3. The summed E-state index contributed by atoms with van der Waals surface area (Å²) < 4.78 is 41.7. The number of carbonyl (C=O) groups excluding carboxylic acids is 1. The molecule has 0 aliphatic heterocycles. The first kappa shape index (κ1) is 25.3. The van der Waals surface area contributed by atoms with E-state index in [2.05, 4.69) is 17.0 Å². The number of nitrogens with zero attached hydrogens (tertiary/aromatic N) is 3. The molecule has 3 rings (SSSR count). The number of rotatable bonds is 7. The van der Waals surface area contributed by atoms with Crippen LogP contribution in [-0.2, 0) is 29.6 Å². The fourth-order valence-corrected chi connectivity index (χ4v) is 3.58. The molecule has 0 saturated carbocycles. The van der Waals surface area contributed by atoms with Gasteiger partial charge in [0.15, 0.2) is 5.82 Å². The number of aromatic nitrogens is 3. The third-order valence-electron chi connectivity index (χ3n) is 5.11. The molecule has 0 aliphatic carbocycles. The van der Waals surface area contributed by atoms with Gasteiger partial charge in [0.25, 0.3) is 0 Å². The number of hydrogen-bond donors (Lipinski definition) is 1. The second-order valence-corrected chi connectivity index (χ2v) is 9.00. The quantitative estimate of drug-likeness (QED) is 0.471. The van der Waals surface area contributed by atoms with E-state index in [1.54, 1.807) is 45.0 Å². The third kappa shape index (κ3) is 5.77. The summed E-state index contributed by atoms with van der Waals surface area (Å²) in [6.45, 7) is 8.56. The molecule has 1 aromatic heterocycles. The van der Waals surface area contributed by atoms with Crippen molar-refractivity contribution in [2.75, 3.05) is 0 Å². The van der Waals surface area contributed by atoms with Crippen molar-refractivity contribution in [1.82, 2.24) is 19.7 Å². The molecule has 3 aromatic rings. The Bertz CT molecular complexity index is 1270. The summed E-state index contributed by atoms with van der Waals surface area (Å²) in [5.74, 6) is -0.234. The monoisotopic (exact) mass is 492 g/mol. The molecule has 1 heterocycles. The van der Waals surface area contributed by atoms with E-state index in [9.17, 15) is 22.8 Å². The van der Waals surface area contributed by atoms with Crippen molar-refractivity contribution in [2.45, 2.75) is 45.6 Å². The Morgan fingerprint density at radius 3 is 2.29 bits per heavy atom. The van der Waals surface area contributed by atoms with Crippen molar-refractivity contribution in [2.24, 2.45) is 0 Å². The first-order valence-electron chi connectivity index (χ1n) is 10.3. The van der Waals surface area contributed by atoms with Gasteiger partial charge in [-0.15, -0.1) is 5.10 Å². The fraction of sp³-hybridized carbons (Fsp3) is 0.292. The lowest BCUT2D eigenvalue weighted by Gasteiger charge is -2.27. The Balaban J connectivity index is 1.88. The number of halogens is 4. The Morgan fingerprint density at radius 1 is 1.09 bits per heavy atom. The topological polar surface area (TPSA) is 68.9 Å². The van der Waals surface area contributed by atoms with Crippen LogP contribution in [0.2, 0.25) is 5.02 Å². The number of carbonyl (C=O) groups is 1. The zero-order valence-electron chi connectivity index (χ0n) is 18.9. The molecule has 0 atom stereocenters. The van der Waals surface area contributed by atoms with Crippen molar-refractivity contribution in [3.05, 3.63) is 87.3 Å². The minimum atomic E-state index is -4.50. The van der Waals surface area contributed by atoms with Crippen LogP contribution in [0.15, 0.2) is 65.5 Å². The molecule has 0 aliphatic rings. The molecule has 34 heavy (non-hydrogen) atoms. The van der Waals surface area contributed by atoms with Crippen LogP contribution in [-0.4, -0.2) is 20.3 Å². The van der Waals surface area contributed by atoms with Gasteiger partial charge in [-0.05, 0) is 62.7 Å². The second-order valence-electron chi connectivity index (χ2n) is 8.57. The maximum absolute atomic E-state index is 13.1. The fourth-order valence-electron chi connectivity index (χ4n) is 3.45. The van der Waals surface area contributed by atoms with Gasteiger partial charge in [0, 0.05) is 17.1 Å². The third-order valence-corrected chi connectivity index (χ3v) is 5.36. The highest BCUT2D eigenvalue weighted by Gasteiger charge is 2.32. The van der Waals surface area contributed by atoms with E-state index in [0.29, 0.717) is 22.0 Å². The molecule has 1 amide bonds. The van der Waals surface area contributed by atoms with Gasteiger partial charge in [-0.1, -0.05) is 35.9 Å². The van der Waals surface area contributed by atoms with E-state index in [-0.39, 0.29) is 12.1 Å². The molecule has 180 valence electrons. The average molecular weight is 493 g/mol. The van der Waals surface area contributed by atoms with Gasteiger partial charge in [-0.3, -0.25) is 9.36 Å². The number of nitrogens with one attached hydrogen (secondary N) is 1. The molecule has 0 fully saturated rings. The molecular formula is C24H24ClF3N4O2. The summed E-state index contributed by atoms with van der Waals surface area (Å²) in [6.07, 6.45) is -4.50.